The smallest absolute Gasteiger partial charge is 0.332 e. The fourth-order valence-electron chi connectivity index (χ4n) is 2.05. The molecule has 0 fully saturated rings. The summed E-state index contributed by atoms with van der Waals surface area (Å²) in [5, 5.41) is 12.2. The van der Waals surface area contributed by atoms with E-state index in [1.165, 1.54) is 24.2 Å². The Morgan fingerprint density at radius 2 is 1.76 bits per heavy atom. The molecule has 2 aromatic rings. The van der Waals surface area contributed by atoms with Crippen molar-refractivity contribution in [2.75, 3.05) is 5.32 Å². The number of aromatic nitrogens is 2. The Bertz CT molecular complexity index is 823. The van der Waals surface area contributed by atoms with E-state index in [1.807, 2.05) is 30.3 Å². The highest BCUT2D eigenvalue weighted by molar-refractivity contribution is 5.62. The molecule has 1 aromatic carbocycles. The molecule has 0 spiro atoms. The van der Waals surface area contributed by atoms with Crippen LogP contribution >= 0.6 is 0 Å². The largest absolute Gasteiger partial charge is 0.340 e. The SMILES string of the molecule is CCc1ccc(Nc2c(C#N)c(=O)n(C)c(=O)n2C)cc1. The van der Waals surface area contributed by atoms with Gasteiger partial charge >= 0.3 is 5.69 Å². The zero-order chi connectivity index (χ0) is 15.6. The fourth-order valence-corrected chi connectivity index (χ4v) is 2.05. The number of rotatable bonds is 3. The molecule has 0 amide bonds. The van der Waals surface area contributed by atoms with E-state index in [4.69, 9.17) is 0 Å². The second-order valence-electron chi connectivity index (χ2n) is 4.72. The molecule has 0 saturated heterocycles. The summed E-state index contributed by atoms with van der Waals surface area (Å²) in [6, 6.07) is 9.46. The molecule has 0 aliphatic rings. The van der Waals surface area contributed by atoms with Crippen LogP contribution in [0.3, 0.4) is 0 Å². The van der Waals surface area contributed by atoms with Crippen molar-refractivity contribution in [3.05, 3.63) is 56.2 Å². The van der Waals surface area contributed by atoms with Crippen molar-refractivity contribution in [3.63, 3.8) is 0 Å². The lowest BCUT2D eigenvalue weighted by Gasteiger charge is -2.13. The van der Waals surface area contributed by atoms with Crippen LogP contribution in [-0.2, 0) is 20.5 Å². The van der Waals surface area contributed by atoms with E-state index in [0.29, 0.717) is 5.69 Å². The quantitative estimate of drug-likeness (QED) is 0.920. The van der Waals surface area contributed by atoms with Gasteiger partial charge < -0.3 is 5.32 Å². The molecule has 0 unspecified atom stereocenters. The molecule has 6 nitrogen and oxygen atoms in total. The minimum absolute atomic E-state index is 0.0841. The van der Waals surface area contributed by atoms with Crippen LogP contribution in [0.1, 0.15) is 18.1 Å². The number of nitriles is 1. The van der Waals surface area contributed by atoms with E-state index in [9.17, 15) is 14.9 Å². The maximum Gasteiger partial charge on any atom is 0.332 e. The number of anilines is 2. The van der Waals surface area contributed by atoms with Crippen molar-refractivity contribution in [1.29, 1.82) is 5.26 Å². The zero-order valence-electron chi connectivity index (χ0n) is 12.2. The first-order valence-corrected chi connectivity index (χ1v) is 6.55. The van der Waals surface area contributed by atoms with Gasteiger partial charge in [0, 0.05) is 19.8 Å². The average Bonchev–Trinajstić information content (AvgIpc) is 2.51. The first-order chi connectivity index (χ1) is 9.99. The molecule has 2 rings (SSSR count). The van der Waals surface area contributed by atoms with Crippen LogP contribution < -0.4 is 16.6 Å². The maximum atomic E-state index is 12.0. The third-order valence-electron chi connectivity index (χ3n) is 3.40. The molecule has 0 saturated carbocycles. The zero-order valence-corrected chi connectivity index (χ0v) is 12.2. The molecule has 6 heteroatoms. The summed E-state index contributed by atoms with van der Waals surface area (Å²) in [6.07, 6.45) is 0.925. The number of hydrogen-bond acceptors (Lipinski definition) is 4. The lowest BCUT2D eigenvalue weighted by molar-refractivity contribution is 0.689. The highest BCUT2D eigenvalue weighted by atomic mass is 16.2. The molecule has 0 aliphatic heterocycles. The highest BCUT2D eigenvalue weighted by Crippen LogP contribution is 2.17. The summed E-state index contributed by atoms with van der Waals surface area (Å²) in [4.78, 5) is 23.9. The van der Waals surface area contributed by atoms with Crippen molar-refractivity contribution in [2.24, 2.45) is 14.1 Å². The van der Waals surface area contributed by atoms with E-state index < -0.39 is 11.2 Å². The minimum atomic E-state index is -0.603. The summed E-state index contributed by atoms with van der Waals surface area (Å²) in [7, 11) is 2.87. The lowest BCUT2D eigenvalue weighted by atomic mass is 10.1. The second-order valence-corrected chi connectivity index (χ2v) is 4.72. The maximum absolute atomic E-state index is 12.0. The van der Waals surface area contributed by atoms with E-state index >= 15 is 0 Å². The molecule has 0 bridgehead atoms. The van der Waals surface area contributed by atoms with Crippen LogP contribution in [0.15, 0.2) is 33.9 Å². The molecule has 0 aliphatic carbocycles. The van der Waals surface area contributed by atoms with Gasteiger partial charge in [-0.3, -0.25) is 13.9 Å². The predicted octanol–water partition coefficient (Wildman–Crippen LogP) is 1.26. The van der Waals surface area contributed by atoms with Gasteiger partial charge in [0.1, 0.15) is 11.9 Å². The minimum Gasteiger partial charge on any atom is -0.340 e. The lowest BCUT2D eigenvalue weighted by Crippen LogP contribution is -2.39. The standard InChI is InChI=1S/C15H16N4O2/c1-4-10-5-7-11(8-6-10)17-13-12(9-16)14(20)19(3)15(21)18(13)2/h5-8,17H,4H2,1-3H3. The number of nitrogens with one attached hydrogen (secondary N) is 1. The average molecular weight is 284 g/mol. The van der Waals surface area contributed by atoms with Gasteiger partial charge in [0.15, 0.2) is 5.56 Å². The monoisotopic (exact) mass is 284 g/mol. The molecule has 21 heavy (non-hydrogen) atoms. The molecule has 108 valence electrons. The van der Waals surface area contributed by atoms with Crippen LogP contribution in [0.2, 0.25) is 0 Å². The molecular formula is C15H16N4O2. The highest BCUT2D eigenvalue weighted by Gasteiger charge is 2.15. The van der Waals surface area contributed by atoms with Crippen LogP contribution in [0.4, 0.5) is 11.5 Å². The Labute approximate surface area is 121 Å². The summed E-state index contributed by atoms with van der Waals surface area (Å²) in [5.41, 5.74) is 0.727. The van der Waals surface area contributed by atoms with Crippen molar-refractivity contribution in [2.45, 2.75) is 13.3 Å². The fraction of sp³-hybridized carbons (Fsp3) is 0.267. The summed E-state index contributed by atoms with van der Waals surface area (Å²) in [6.45, 7) is 2.06. The Morgan fingerprint density at radius 1 is 1.14 bits per heavy atom. The molecule has 0 atom stereocenters. The number of nitrogens with zero attached hydrogens (tertiary/aromatic N) is 3. The van der Waals surface area contributed by atoms with Gasteiger partial charge in [-0.15, -0.1) is 0 Å². The van der Waals surface area contributed by atoms with Crippen molar-refractivity contribution in [3.8, 4) is 6.07 Å². The van der Waals surface area contributed by atoms with E-state index in [1.54, 1.807) is 0 Å². The van der Waals surface area contributed by atoms with Gasteiger partial charge in [-0.25, -0.2) is 4.79 Å². The predicted molar refractivity (Wildman–Crippen MR) is 80.7 cm³/mol. The summed E-state index contributed by atoms with van der Waals surface area (Å²) < 4.78 is 2.18. The van der Waals surface area contributed by atoms with Crippen LogP contribution in [-0.4, -0.2) is 9.13 Å². The van der Waals surface area contributed by atoms with Crippen molar-refractivity contribution >= 4 is 11.5 Å². The van der Waals surface area contributed by atoms with E-state index in [0.717, 1.165) is 11.0 Å². The molecule has 1 N–H and O–H groups in total. The summed E-state index contributed by atoms with van der Waals surface area (Å²) >= 11 is 0. The van der Waals surface area contributed by atoms with Gasteiger partial charge in [-0.2, -0.15) is 5.26 Å². The number of aryl methyl sites for hydroxylation is 1. The van der Waals surface area contributed by atoms with E-state index in [2.05, 4.69) is 12.2 Å². The van der Waals surface area contributed by atoms with Crippen LogP contribution in [0.25, 0.3) is 0 Å². The first-order valence-electron chi connectivity index (χ1n) is 6.55. The van der Waals surface area contributed by atoms with Gasteiger partial charge in [-0.05, 0) is 24.1 Å². The molecular weight excluding hydrogens is 268 g/mol. The first kappa shape index (κ1) is 14.6. The Balaban J connectivity index is 2.56. The molecule has 1 heterocycles. The third-order valence-corrected chi connectivity index (χ3v) is 3.40. The van der Waals surface area contributed by atoms with Gasteiger partial charge in [-0.1, -0.05) is 19.1 Å². The van der Waals surface area contributed by atoms with Crippen molar-refractivity contribution < 1.29 is 0 Å². The van der Waals surface area contributed by atoms with Gasteiger partial charge in [0.2, 0.25) is 0 Å². The van der Waals surface area contributed by atoms with Gasteiger partial charge in [0.05, 0.1) is 0 Å². The number of hydrogen-bond donors (Lipinski definition) is 1. The Kier molecular flexibility index (Phi) is 3.94. The normalized spacial score (nSPS) is 10.2. The Morgan fingerprint density at radius 3 is 2.29 bits per heavy atom. The van der Waals surface area contributed by atoms with Gasteiger partial charge in [0.25, 0.3) is 5.56 Å². The van der Waals surface area contributed by atoms with Crippen molar-refractivity contribution in [1.82, 2.24) is 9.13 Å². The Hall–Kier alpha value is -2.81. The number of benzene rings is 1. The van der Waals surface area contributed by atoms with E-state index in [-0.39, 0.29) is 11.4 Å². The second kappa shape index (κ2) is 5.67. The van der Waals surface area contributed by atoms with Crippen LogP contribution in [0.5, 0.6) is 0 Å². The van der Waals surface area contributed by atoms with Crippen LogP contribution in [0, 0.1) is 11.3 Å². The summed E-state index contributed by atoms with van der Waals surface area (Å²) in [5.74, 6) is 0.204. The topological polar surface area (TPSA) is 79.8 Å². The molecule has 0 radical (unpaired) electrons. The third kappa shape index (κ3) is 2.58. The molecule has 1 aromatic heterocycles.